The number of anilines is 1. The van der Waals surface area contributed by atoms with Crippen molar-refractivity contribution in [3.05, 3.63) is 48.3 Å². The van der Waals surface area contributed by atoms with E-state index in [9.17, 15) is 0 Å². The second kappa shape index (κ2) is 4.53. The highest BCUT2D eigenvalue weighted by Gasteiger charge is 2.13. The molecule has 0 radical (unpaired) electrons. The monoisotopic (exact) mass is 252 g/mol. The molecule has 2 N–H and O–H groups in total. The number of nitrogen functional groups attached to an aromatic ring is 1. The van der Waals surface area contributed by atoms with Gasteiger partial charge in [0.2, 0.25) is 5.82 Å². The minimum atomic E-state index is 0.421. The number of aryl methyl sites for hydroxylation is 1. The third kappa shape index (κ3) is 2.06. The molecule has 94 valence electrons. The Kier molecular flexibility index (Phi) is 2.72. The van der Waals surface area contributed by atoms with Crippen LogP contribution in [0.1, 0.15) is 5.56 Å². The number of rotatable bonds is 2. The van der Waals surface area contributed by atoms with Gasteiger partial charge in [-0.1, -0.05) is 17.3 Å². The molecule has 0 bridgehead atoms. The SMILES string of the molecule is Cc1cnccc1-c1noc(-c2ccccc2N)n1. The first-order chi connectivity index (χ1) is 9.25. The molecule has 0 unspecified atom stereocenters. The molecule has 2 aromatic heterocycles. The second-order valence-electron chi connectivity index (χ2n) is 4.20. The van der Waals surface area contributed by atoms with Crippen molar-refractivity contribution in [2.24, 2.45) is 0 Å². The van der Waals surface area contributed by atoms with Crippen LogP contribution in [0.4, 0.5) is 5.69 Å². The van der Waals surface area contributed by atoms with Crippen molar-refractivity contribution < 1.29 is 4.52 Å². The summed E-state index contributed by atoms with van der Waals surface area (Å²) < 4.78 is 5.28. The number of hydrogen-bond donors (Lipinski definition) is 1. The van der Waals surface area contributed by atoms with Gasteiger partial charge in [0.1, 0.15) is 0 Å². The van der Waals surface area contributed by atoms with E-state index < -0.39 is 0 Å². The van der Waals surface area contributed by atoms with Crippen LogP contribution in [0.5, 0.6) is 0 Å². The number of nitrogens with zero attached hydrogens (tertiary/aromatic N) is 3. The largest absolute Gasteiger partial charge is 0.398 e. The van der Waals surface area contributed by atoms with Crippen LogP contribution in [0.3, 0.4) is 0 Å². The van der Waals surface area contributed by atoms with Crippen LogP contribution in [0.15, 0.2) is 47.2 Å². The molecule has 0 saturated carbocycles. The summed E-state index contributed by atoms with van der Waals surface area (Å²) in [5.74, 6) is 0.961. The number of aromatic nitrogens is 3. The summed E-state index contributed by atoms with van der Waals surface area (Å²) in [6.45, 7) is 1.95. The Bertz CT molecular complexity index is 661. The molecule has 3 aromatic rings. The number of benzene rings is 1. The van der Waals surface area contributed by atoms with Crippen molar-refractivity contribution in [2.75, 3.05) is 5.73 Å². The van der Waals surface area contributed by atoms with Crippen LogP contribution >= 0.6 is 0 Å². The lowest BCUT2D eigenvalue weighted by Gasteiger charge is -1.99. The highest BCUT2D eigenvalue weighted by molar-refractivity contribution is 5.71. The van der Waals surface area contributed by atoms with Crippen LogP contribution in [0.25, 0.3) is 22.8 Å². The third-order valence-electron chi connectivity index (χ3n) is 2.88. The van der Waals surface area contributed by atoms with Crippen molar-refractivity contribution in [1.82, 2.24) is 15.1 Å². The van der Waals surface area contributed by atoms with Gasteiger partial charge in [-0.15, -0.1) is 0 Å². The van der Waals surface area contributed by atoms with Crippen molar-refractivity contribution in [3.8, 4) is 22.8 Å². The molecule has 0 aliphatic heterocycles. The summed E-state index contributed by atoms with van der Waals surface area (Å²) in [6, 6.07) is 9.26. The van der Waals surface area contributed by atoms with Crippen molar-refractivity contribution in [3.63, 3.8) is 0 Å². The molecule has 5 nitrogen and oxygen atoms in total. The molecular formula is C14H12N4O. The van der Waals surface area contributed by atoms with E-state index in [0.29, 0.717) is 17.4 Å². The van der Waals surface area contributed by atoms with Gasteiger partial charge in [0.15, 0.2) is 0 Å². The molecule has 19 heavy (non-hydrogen) atoms. The van der Waals surface area contributed by atoms with Crippen LogP contribution in [0, 0.1) is 6.92 Å². The summed E-state index contributed by atoms with van der Waals surface area (Å²) in [5, 5.41) is 4.00. The Balaban J connectivity index is 2.06. The molecule has 0 amide bonds. The number of hydrogen-bond acceptors (Lipinski definition) is 5. The molecule has 0 aliphatic carbocycles. The van der Waals surface area contributed by atoms with Gasteiger partial charge in [0.05, 0.1) is 5.56 Å². The first kappa shape index (κ1) is 11.4. The lowest BCUT2D eigenvalue weighted by Crippen LogP contribution is -1.90. The average Bonchev–Trinajstić information content (AvgIpc) is 2.89. The Morgan fingerprint density at radius 2 is 1.95 bits per heavy atom. The Labute approximate surface area is 110 Å². The lowest BCUT2D eigenvalue weighted by atomic mass is 10.1. The van der Waals surface area contributed by atoms with Gasteiger partial charge < -0.3 is 10.3 Å². The van der Waals surface area contributed by atoms with E-state index in [1.807, 2.05) is 31.2 Å². The molecule has 0 saturated heterocycles. The van der Waals surface area contributed by atoms with Crippen LogP contribution in [-0.2, 0) is 0 Å². The molecule has 0 spiro atoms. The first-order valence-corrected chi connectivity index (χ1v) is 5.85. The van der Waals surface area contributed by atoms with Crippen molar-refractivity contribution in [1.29, 1.82) is 0 Å². The van der Waals surface area contributed by atoms with E-state index in [4.69, 9.17) is 10.3 Å². The van der Waals surface area contributed by atoms with Gasteiger partial charge in [-0.2, -0.15) is 4.98 Å². The van der Waals surface area contributed by atoms with Crippen LogP contribution in [-0.4, -0.2) is 15.1 Å². The molecule has 0 atom stereocenters. The minimum absolute atomic E-state index is 0.421. The van der Waals surface area contributed by atoms with Gasteiger partial charge in [0, 0.05) is 23.6 Å². The van der Waals surface area contributed by atoms with E-state index in [-0.39, 0.29) is 0 Å². The van der Waals surface area contributed by atoms with Crippen LogP contribution < -0.4 is 5.73 Å². The molecule has 0 fully saturated rings. The Hall–Kier alpha value is -2.69. The van der Waals surface area contributed by atoms with E-state index in [1.54, 1.807) is 18.5 Å². The smallest absolute Gasteiger partial charge is 0.260 e. The normalized spacial score (nSPS) is 10.6. The zero-order chi connectivity index (χ0) is 13.2. The Morgan fingerprint density at radius 1 is 1.11 bits per heavy atom. The first-order valence-electron chi connectivity index (χ1n) is 5.85. The summed E-state index contributed by atoms with van der Waals surface area (Å²) in [5.41, 5.74) is 9.15. The van der Waals surface area contributed by atoms with E-state index in [1.165, 1.54) is 0 Å². The maximum Gasteiger partial charge on any atom is 0.260 e. The summed E-state index contributed by atoms with van der Waals surface area (Å²) in [4.78, 5) is 8.43. The minimum Gasteiger partial charge on any atom is -0.398 e. The topological polar surface area (TPSA) is 77.8 Å². The fourth-order valence-corrected chi connectivity index (χ4v) is 1.86. The standard InChI is InChI=1S/C14H12N4O/c1-9-8-16-7-6-10(9)13-17-14(19-18-13)11-4-2-3-5-12(11)15/h2-8H,15H2,1H3. The predicted octanol–water partition coefficient (Wildman–Crippen LogP) is 2.69. The number of nitrogens with two attached hydrogens (primary N) is 1. The quantitative estimate of drug-likeness (QED) is 0.709. The zero-order valence-electron chi connectivity index (χ0n) is 10.4. The fraction of sp³-hybridized carbons (Fsp3) is 0.0714. The molecule has 5 heteroatoms. The molecule has 1 aromatic carbocycles. The zero-order valence-corrected chi connectivity index (χ0v) is 10.4. The Morgan fingerprint density at radius 3 is 2.74 bits per heavy atom. The van der Waals surface area contributed by atoms with E-state index in [0.717, 1.165) is 16.7 Å². The maximum absolute atomic E-state index is 5.89. The predicted molar refractivity (Wildman–Crippen MR) is 72.1 cm³/mol. The summed E-state index contributed by atoms with van der Waals surface area (Å²) in [6.07, 6.45) is 3.47. The summed E-state index contributed by atoms with van der Waals surface area (Å²) >= 11 is 0. The number of para-hydroxylation sites is 1. The molecule has 3 rings (SSSR count). The summed E-state index contributed by atoms with van der Waals surface area (Å²) in [7, 11) is 0. The lowest BCUT2D eigenvalue weighted by molar-refractivity contribution is 0.432. The highest BCUT2D eigenvalue weighted by Crippen LogP contribution is 2.27. The fourth-order valence-electron chi connectivity index (χ4n) is 1.86. The maximum atomic E-state index is 5.89. The van der Waals surface area contributed by atoms with E-state index >= 15 is 0 Å². The molecular weight excluding hydrogens is 240 g/mol. The van der Waals surface area contributed by atoms with Gasteiger partial charge in [-0.25, -0.2) is 0 Å². The van der Waals surface area contributed by atoms with Gasteiger partial charge in [-0.3, -0.25) is 4.98 Å². The number of pyridine rings is 1. The molecule has 2 heterocycles. The third-order valence-corrected chi connectivity index (χ3v) is 2.88. The van der Waals surface area contributed by atoms with Gasteiger partial charge in [-0.05, 0) is 30.7 Å². The second-order valence-corrected chi connectivity index (χ2v) is 4.20. The van der Waals surface area contributed by atoms with Gasteiger partial charge in [0.25, 0.3) is 5.89 Å². The van der Waals surface area contributed by atoms with Crippen molar-refractivity contribution >= 4 is 5.69 Å². The average molecular weight is 252 g/mol. The highest BCUT2D eigenvalue weighted by atomic mass is 16.5. The van der Waals surface area contributed by atoms with Gasteiger partial charge >= 0.3 is 0 Å². The molecule has 0 aliphatic rings. The van der Waals surface area contributed by atoms with E-state index in [2.05, 4.69) is 15.1 Å². The van der Waals surface area contributed by atoms with Crippen LogP contribution in [0.2, 0.25) is 0 Å². The van der Waals surface area contributed by atoms with Crippen molar-refractivity contribution in [2.45, 2.75) is 6.92 Å².